The van der Waals surface area contributed by atoms with E-state index in [4.69, 9.17) is 4.42 Å². The van der Waals surface area contributed by atoms with E-state index < -0.39 is 0 Å². The Labute approximate surface area is 132 Å². The van der Waals surface area contributed by atoms with Crippen molar-refractivity contribution in [3.8, 4) is 0 Å². The molecule has 1 heterocycles. The van der Waals surface area contributed by atoms with Crippen molar-refractivity contribution < 1.29 is 4.42 Å². The Morgan fingerprint density at radius 3 is 2.74 bits per heavy atom. The fraction of sp³-hybridized carbons (Fsp3) is 0.500. The van der Waals surface area contributed by atoms with Gasteiger partial charge in [-0.15, -0.1) is 30.6 Å². The van der Waals surface area contributed by atoms with E-state index in [9.17, 15) is 0 Å². The van der Waals surface area contributed by atoms with Crippen LogP contribution in [0.15, 0.2) is 40.5 Å². The molecule has 0 saturated carbocycles. The quantitative estimate of drug-likeness (QED) is 0.359. The average molecular weight is 377 g/mol. The summed E-state index contributed by atoms with van der Waals surface area (Å²) in [6, 6.07) is 3.85. The van der Waals surface area contributed by atoms with Gasteiger partial charge in [-0.3, -0.25) is 4.99 Å². The van der Waals surface area contributed by atoms with E-state index in [1.54, 1.807) is 6.26 Å². The number of hydrogen-bond donors (Lipinski definition) is 2. The Hall–Kier alpha value is -0.980. The Morgan fingerprint density at radius 2 is 2.21 bits per heavy atom. The van der Waals surface area contributed by atoms with Crippen molar-refractivity contribution in [2.75, 3.05) is 13.1 Å². The molecule has 4 nitrogen and oxygen atoms in total. The third-order valence-electron chi connectivity index (χ3n) is 2.12. The number of halogens is 1. The highest BCUT2D eigenvalue weighted by atomic mass is 127. The van der Waals surface area contributed by atoms with E-state index in [2.05, 4.69) is 43.0 Å². The van der Waals surface area contributed by atoms with E-state index in [-0.39, 0.29) is 29.5 Å². The molecule has 0 aliphatic rings. The molecule has 0 aliphatic carbocycles. The minimum atomic E-state index is -0.0162. The normalized spacial score (nSPS) is 11.6. The lowest BCUT2D eigenvalue weighted by Crippen LogP contribution is -2.47. The Morgan fingerprint density at radius 1 is 1.47 bits per heavy atom. The molecule has 19 heavy (non-hydrogen) atoms. The van der Waals surface area contributed by atoms with Crippen molar-refractivity contribution in [1.82, 2.24) is 10.6 Å². The van der Waals surface area contributed by atoms with E-state index in [0.717, 1.165) is 18.1 Å². The minimum absolute atomic E-state index is 0. The lowest BCUT2D eigenvalue weighted by molar-refractivity contribution is 0.498. The van der Waals surface area contributed by atoms with Crippen LogP contribution >= 0.6 is 24.0 Å². The second-order valence-corrected chi connectivity index (χ2v) is 5.10. The SMILES string of the molecule is C=CCNC(=NCCc1ccco1)NC(C)(C)C.I. The molecule has 0 bridgehead atoms. The van der Waals surface area contributed by atoms with Crippen molar-refractivity contribution in [2.24, 2.45) is 4.99 Å². The van der Waals surface area contributed by atoms with E-state index >= 15 is 0 Å². The van der Waals surface area contributed by atoms with Gasteiger partial charge in [0.05, 0.1) is 6.26 Å². The van der Waals surface area contributed by atoms with Gasteiger partial charge in [0.1, 0.15) is 5.76 Å². The van der Waals surface area contributed by atoms with E-state index in [0.29, 0.717) is 13.1 Å². The predicted octanol–water partition coefficient (Wildman–Crippen LogP) is 2.96. The summed E-state index contributed by atoms with van der Waals surface area (Å²) in [6.07, 6.45) is 4.30. The first-order valence-corrected chi connectivity index (χ1v) is 6.21. The molecule has 108 valence electrons. The summed E-state index contributed by atoms with van der Waals surface area (Å²) in [5.74, 6) is 1.76. The van der Waals surface area contributed by atoms with Gasteiger partial charge in [0.2, 0.25) is 0 Å². The summed E-state index contributed by atoms with van der Waals surface area (Å²) in [5, 5.41) is 6.53. The Balaban J connectivity index is 0.00000324. The van der Waals surface area contributed by atoms with E-state index in [1.807, 2.05) is 18.2 Å². The first-order chi connectivity index (χ1) is 8.51. The largest absolute Gasteiger partial charge is 0.469 e. The number of nitrogens with zero attached hydrogens (tertiary/aromatic N) is 1. The van der Waals surface area contributed by atoms with Gasteiger partial charge < -0.3 is 15.1 Å². The fourth-order valence-corrected chi connectivity index (χ4v) is 1.40. The van der Waals surface area contributed by atoms with Crippen molar-refractivity contribution in [1.29, 1.82) is 0 Å². The molecule has 0 aromatic carbocycles. The molecule has 0 aliphatic heterocycles. The summed E-state index contributed by atoms with van der Waals surface area (Å²) in [7, 11) is 0. The third kappa shape index (κ3) is 8.69. The molecule has 2 N–H and O–H groups in total. The zero-order valence-corrected chi connectivity index (χ0v) is 14.2. The zero-order valence-electron chi connectivity index (χ0n) is 11.9. The first kappa shape index (κ1) is 18.0. The van der Waals surface area contributed by atoms with Crippen LogP contribution in [-0.4, -0.2) is 24.6 Å². The smallest absolute Gasteiger partial charge is 0.191 e. The maximum absolute atomic E-state index is 5.27. The number of hydrogen-bond acceptors (Lipinski definition) is 2. The van der Waals surface area contributed by atoms with Gasteiger partial charge in [-0.1, -0.05) is 6.08 Å². The fourth-order valence-electron chi connectivity index (χ4n) is 1.40. The van der Waals surface area contributed by atoms with Crippen LogP contribution in [0, 0.1) is 0 Å². The molecular weight excluding hydrogens is 353 g/mol. The van der Waals surface area contributed by atoms with Gasteiger partial charge >= 0.3 is 0 Å². The highest BCUT2D eigenvalue weighted by Crippen LogP contribution is 2.01. The number of furan rings is 1. The summed E-state index contributed by atoms with van der Waals surface area (Å²) in [4.78, 5) is 4.51. The van der Waals surface area contributed by atoms with Crippen LogP contribution in [0.1, 0.15) is 26.5 Å². The Kier molecular flexibility index (Phi) is 8.54. The van der Waals surface area contributed by atoms with Crippen molar-refractivity contribution in [3.05, 3.63) is 36.8 Å². The Bertz CT molecular complexity index is 380. The molecular formula is C14H24IN3O. The molecule has 0 radical (unpaired) electrons. The van der Waals surface area contributed by atoms with Crippen LogP contribution in [0.5, 0.6) is 0 Å². The van der Waals surface area contributed by atoms with Crippen LogP contribution in [0.25, 0.3) is 0 Å². The topological polar surface area (TPSA) is 49.6 Å². The molecule has 1 aromatic rings. The van der Waals surface area contributed by atoms with Crippen LogP contribution in [0.4, 0.5) is 0 Å². The van der Waals surface area contributed by atoms with Gasteiger partial charge in [-0.25, -0.2) is 0 Å². The number of nitrogens with one attached hydrogen (secondary N) is 2. The van der Waals surface area contributed by atoms with E-state index in [1.165, 1.54) is 0 Å². The molecule has 0 fully saturated rings. The maximum atomic E-state index is 5.27. The monoisotopic (exact) mass is 377 g/mol. The summed E-state index contributed by atoms with van der Waals surface area (Å²) < 4.78 is 5.27. The summed E-state index contributed by atoms with van der Waals surface area (Å²) >= 11 is 0. The predicted molar refractivity (Wildman–Crippen MR) is 91.2 cm³/mol. The molecule has 0 amide bonds. The van der Waals surface area contributed by atoms with Crippen molar-refractivity contribution >= 4 is 29.9 Å². The lowest BCUT2D eigenvalue weighted by Gasteiger charge is -2.23. The number of aliphatic imine (C=N–C) groups is 1. The van der Waals surface area contributed by atoms with Gasteiger partial charge in [0.15, 0.2) is 5.96 Å². The second kappa shape index (κ2) is 9.01. The number of guanidine groups is 1. The molecule has 1 rings (SSSR count). The van der Waals surface area contributed by atoms with Crippen LogP contribution in [-0.2, 0) is 6.42 Å². The van der Waals surface area contributed by atoms with Crippen LogP contribution < -0.4 is 10.6 Å². The summed E-state index contributed by atoms with van der Waals surface area (Å²) in [5.41, 5.74) is -0.0162. The second-order valence-electron chi connectivity index (χ2n) is 5.10. The third-order valence-corrected chi connectivity index (χ3v) is 2.12. The molecule has 1 aromatic heterocycles. The van der Waals surface area contributed by atoms with Gasteiger partial charge in [-0.2, -0.15) is 0 Å². The van der Waals surface area contributed by atoms with Crippen molar-refractivity contribution in [3.63, 3.8) is 0 Å². The molecule has 0 saturated heterocycles. The number of rotatable bonds is 5. The highest BCUT2D eigenvalue weighted by Gasteiger charge is 2.11. The molecule has 5 heteroatoms. The standard InChI is InChI=1S/C14H23N3O.HI/c1-5-9-15-13(17-14(2,3)4)16-10-8-12-7-6-11-18-12;/h5-7,11H,1,8-10H2,2-4H3,(H2,15,16,17);1H. The minimum Gasteiger partial charge on any atom is -0.469 e. The average Bonchev–Trinajstić information content (AvgIpc) is 2.76. The molecule has 0 atom stereocenters. The first-order valence-electron chi connectivity index (χ1n) is 6.21. The van der Waals surface area contributed by atoms with Gasteiger partial charge in [0, 0.05) is 25.0 Å². The van der Waals surface area contributed by atoms with Crippen LogP contribution in [0.2, 0.25) is 0 Å². The van der Waals surface area contributed by atoms with Gasteiger partial charge in [0.25, 0.3) is 0 Å². The van der Waals surface area contributed by atoms with Gasteiger partial charge in [-0.05, 0) is 32.9 Å². The summed E-state index contributed by atoms with van der Waals surface area (Å²) in [6.45, 7) is 11.4. The van der Waals surface area contributed by atoms with Crippen molar-refractivity contribution in [2.45, 2.75) is 32.7 Å². The molecule has 0 unspecified atom stereocenters. The molecule has 0 spiro atoms. The maximum Gasteiger partial charge on any atom is 0.191 e. The van der Waals surface area contributed by atoms with Crippen LogP contribution in [0.3, 0.4) is 0 Å². The highest BCUT2D eigenvalue weighted by molar-refractivity contribution is 14.0. The zero-order chi connectivity index (χ0) is 13.4. The lowest BCUT2D eigenvalue weighted by atomic mass is 10.1.